The summed E-state index contributed by atoms with van der Waals surface area (Å²) >= 11 is 0. The molecule has 0 heterocycles. The summed E-state index contributed by atoms with van der Waals surface area (Å²) in [5.74, 6) is 0.940. The molecule has 0 bridgehead atoms. The second kappa shape index (κ2) is 32.0. The minimum Gasteiger partial charge on any atom is -0.396 e. The molecule has 0 fully saturated rings. The van der Waals surface area contributed by atoms with E-state index in [0.29, 0.717) is 6.61 Å². The van der Waals surface area contributed by atoms with Crippen molar-refractivity contribution in [2.24, 2.45) is 5.92 Å². The molecule has 35 heavy (non-hydrogen) atoms. The van der Waals surface area contributed by atoms with Gasteiger partial charge in [-0.3, -0.25) is 0 Å². The first-order valence-electron chi connectivity index (χ1n) is 16.9. The van der Waals surface area contributed by atoms with E-state index in [1.807, 2.05) is 0 Å². The lowest BCUT2D eigenvalue weighted by Gasteiger charge is -2.11. The summed E-state index contributed by atoms with van der Waals surface area (Å²) < 4.78 is 0. The molecule has 212 valence electrons. The molecule has 0 aromatic rings. The molecule has 0 aliphatic carbocycles. The summed E-state index contributed by atoms with van der Waals surface area (Å²) in [6.45, 7) is 5.15. The van der Waals surface area contributed by atoms with Crippen molar-refractivity contribution in [2.45, 2.75) is 206 Å². The molecule has 0 rings (SSSR count). The Kier molecular flexibility index (Phi) is 32.0. The lowest BCUT2D eigenvalue weighted by molar-refractivity contribution is 0.282. The minimum absolute atomic E-state index is 0.372. The van der Waals surface area contributed by atoms with Crippen LogP contribution >= 0.6 is 0 Å². The van der Waals surface area contributed by atoms with Crippen molar-refractivity contribution in [2.75, 3.05) is 6.61 Å². The van der Waals surface area contributed by atoms with Crippen molar-refractivity contribution in [3.05, 3.63) is 0 Å². The number of hydrogen-bond donors (Lipinski definition) is 1. The summed E-state index contributed by atoms with van der Waals surface area (Å²) in [4.78, 5) is 0. The largest absolute Gasteiger partial charge is 0.396 e. The molecule has 0 radical (unpaired) electrons. The van der Waals surface area contributed by atoms with Crippen LogP contribution in [0, 0.1) is 5.92 Å². The Bertz CT molecular complexity index is 352. The Balaban J connectivity index is 3.11. The van der Waals surface area contributed by atoms with E-state index < -0.39 is 0 Å². The standard InChI is InChI=1S/C34H70O/c1-3-4-5-6-7-8-9-10-11-12-13-14-15-16-17-18-19-22-25-28-31-34(2)32-29-26-23-20-21-24-27-30-33-35/h34-35H,3-33H2,1-2H3. The third-order valence-corrected chi connectivity index (χ3v) is 8.16. The second-order valence-electron chi connectivity index (χ2n) is 12.0. The highest BCUT2D eigenvalue weighted by Crippen LogP contribution is 2.19. The predicted octanol–water partition coefficient (Wildman–Crippen LogP) is 12.3. The van der Waals surface area contributed by atoms with Crippen molar-refractivity contribution in [1.82, 2.24) is 0 Å². The molecule has 0 saturated carbocycles. The zero-order chi connectivity index (χ0) is 25.5. The molecule has 0 aliphatic rings. The van der Waals surface area contributed by atoms with Crippen molar-refractivity contribution >= 4 is 0 Å². The fourth-order valence-electron chi connectivity index (χ4n) is 5.56. The zero-order valence-electron chi connectivity index (χ0n) is 24.9. The first-order chi connectivity index (χ1) is 17.3. The van der Waals surface area contributed by atoms with E-state index in [9.17, 15) is 0 Å². The SMILES string of the molecule is CCCCCCCCCCCCCCCCCCCCCCC(C)CCCCCCCCCCO. The quantitative estimate of drug-likeness (QED) is 0.0950. The van der Waals surface area contributed by atoms with Gasteiger partial charge in [-0.2, -0.15) is 0 Å². The third kappa shape index (κ3) is 31.9. The molecule has 1 N–H and O–H groups in total. The van der Waals surface area contributed by atoms with E-state index in [0.717, 1.165) is 12.3 Å². The van der Waals surface area contributed by atoms with Crippen molar-refractivity contribution in [3.63, 3.8) is 0 Å². The van der Waals surface area contributed by atoms with E-state index in [1.165, 1.54) is 186 Å². The fourth-order valence-corrected chi connectivity index (χ4v) is 5.56. The van der Waals surface area contributed by atoms with Crippen molar-refractivity contribution < 1.29 is 5.11 Å². The van der Waals surface area contributed by atoms with Crippen molar-refractivity contribution in [1.29, 1.82) is 0 Å². The Hall–Kier alpha value is -0.0400. The molecule has 1 atom stereocenters. The normalized spacial score (nSPS) is 12.4. The van der Waals surface area contributed by atoms with Crippen LogP contribution in [0.25, 0.3) is 0 Å². The maximum Gasteiger partial charge on any atom is 0.0431 e. The van der Waals surface area contributed by atoms with Gasteiger partial charge in [-0.05, 0) is 12.3 Å². The van der Waals surface area contributed by atoms with Gasteiger partial charge in [0.15, 0.2) is 0 Å². The summed E-state index contributed by atoms with van der Waals surface area (Å²) in [5.41, 5.74) is 0. The van der Waals surface area contributed by atoms with Gasteiger partial charge in [-0.1, -0.05) is 200 Å². The average Bonchev–Trinajstić information content (AvgIpc) is 2.86. The predicted molar refractivity (Wildman–Crippen MR) is 160 cm³/mol. The smallest absolute Gasteiger partial charge is 0.0431 e. The lowest BCUT2D eigenvalue weighted by atomic mass is 9.95. The number of hydrogen-bond acceptors (Lipinski definition) is 1. The Morgan fingerprint density at radius 2 is 0.571 bits per heavy atom. The van der Waals surface area contributed by atoms with Crippen LogP contribution in [0.2, 0.25) is 0 Å². The van der Waals surface area contributed by atoms with Gasteiger partial charge in [0.05, 0.1) is 0 Å². The number of rotatable bonds is 31. The summed E-state index contributed by atoms with van der Waals surface area (Å²) in [6.07, 6.45) is 42.9. The van der Waals surface area contributed by atoms with Crippen molar-refractivity contribution in [3.8, 4) is 0 Å². The van der Waals surface area contributed by atoms with Crippen LogP contribution in [0.1, 0.15) is 206 Å². The third-order valence-electron chi connectivity index (χ3n) is 8.16. The minimum atomic E-state index is 0.372. The molecule has 0 saturated heterocycles. The maximum atomic E-state index is 8.80. The molecular weight excluding hydrogens is 424 g/mol. The molecule has 1 nitrogen and oxygen atoms in total. The van der Waals surface area contributed by atoms with Crippen LogP contribution in [0.4, 0.5) is 0 Å². The highest BCUT2D eigenvalue weighted by atomic mass is 16.2. The fraction of sp³-hybridized carbons (Fsp3) is 1.00. The van der Waals surface area contributed by atoms with Gasteiger partial charge in [-0.25, -0.2) is 0 Å². The van der Waals surface area contributed by atoms with E-state index in [2.05, 4.69) is 13.8 Å². The summed E-state index contributed by atoms with van der Waals surface area (Å²) in [5, 5.41) is 8.80. The van der Waals surface area contributed by atoms with Gasteiger partial charge in [0.25, 0.3) is 0 Å². The molecule has 0 spiro atoms. The summed E-state index contributed by atoms with van der Waals surface area (Å²) in [7, 11) is 0. The monoisotopic (exact) mass is 495 g/mol. The summed E-state index contributed by atoms with van der Waals surface area (Å²) in [6, 6.07) is 0. The van der Waals surface area contributed by atoms with Crippen LogP contribution in [0.5, 0.6) is 0 Å². The maximum absolute atomic E-state index is 8.80. The van der Waals surface area contributed by atoms with Gasteiger partial charge in [-0.15, -0.1) is 0 Å². The molecule has 0 aromatic heterocycles. The van der Waals surface area contributed by atoms with Gasteiger partial charge >= 0.3 is 0 Å². The Morgan fingerprint density at radius 1 is 0.343 bits per heavy atom. The lowest BCUT2D eigenvalue weighted by Crippen LogP contribution is -1.95. The first-order valence-corrected chi connectivity index (χ1v) is 16.9. The van der Waals surface area contributed by atoms with Crippen LogP contribution < -0.4 is 0 Å². The van der Waals surface area contributed by atoms with Crippen LogP contribution in [-0.2, 0) is 0 Å². The highest BCUT2D eigenvalue weighted by molar-refractivity contribution is 4.56. The molecule has 0 aromatic carbocycles. The number of unbranched alkanes of at least 4 members (excludes halogenated alkanes) is 26. The van der Waals surface area contributed by atoms with E-state index >= 15 is 0 Å². The van der Waals surface area contributed by atoms with Crippen LogP contribution in [0.3, 0.4) is 0 Å². The van der Waals surface area contributed by atoms with E-state index in [1.54, 1.807) is 0 Å². The molecule has 0 amide bonds. The second-order valence-corrected chi connectivity index (χ2v) is 12.0. The topological polar surface area (TPSA) is 20.2 Å². The van der Waals surface area contributed by atoms with Crippen LogP contribution in [-0.4, -0.2) is 11.7 Å². The highest BCUT2D eigenvalue weighted by Gasteiger charge is 2.02. The number of aliphatic hydroxyl groups excluding tert-OH is 1. The van der Waals surface area contributed by atoms with Gasteiger partial charge in [0.2, 0.25) is 0 Å². The van der Waals surface area contributed by atoms with Gasteiger partial charge in [0, 0.05) is 6.61 Å². The Labute approximate surface area is 224 Å². The average molecular weight is 495 g/mol. The first kappa shape index (κ1) is 35.0. The molecule has 1 heteroatoms. The zero-order valence-corrected chi connectivity index (χ0v) is 24.9. The van der Waals surface area contributed by atoms with E-state index in [-0.39, 0.29) is 0 Å². The van der Waals surface area contributed by atoms with Crippen LogP contribution in [0.15, 0.2) is 0 Å². The van der Waals surface area contributed by atoms with E-state index in [4.69, 9.17) is 5.11 Å². The molecular formula is C34H70O. The number of aliphatic hydroxyl groups is 1. The van der Waals surface area contributed by atoms with Gasteiger partial charge in [0.1, 0.15) is 0 Å². The van der Waals surface area contributed by atoms with Gasteiger partial charge < -0.3 is 5.11 Å². The molecule has 0 aliphatic heterocycles. The Morgan fingerprint density at radius 3 is 0.829 bits per heavy atom. The molecule has 1 unspecified atom stereocenters.